The Morgan fingerprint density at radius 1 is 1.42 bits per heavy atom. The highest BCUT2D eigenvalue weighted by molar-refractivity contribution is 7.92. The Morgan fingerprint density at radius 3 is 2.87 bits per heavy atom. The number of hydrogen-bond donors (Lipinski definition) is 3. The van der Waals surface area contributed by atoms with E-state index >= 15 is 0 Å². The van der Waals surface area contributed by atoms with Crippen molar-refractivity contribution in [3.05, 3.63) is 59.2 Å². The standard InChI is InChI=1S/C21H28FN5O2S2/c1-16(4-5-17(22)10-12-27-11-2-3-18(23)13-27)25-19-6-8-20(9-7-19)31(28,29)26-21-14-30-15-24-21/h4-10,14-16,18,25-26H,2-3,11-13,23H2,1H3/b5-4-,17-10+/t16?,18-/m1/s1. The van der Waals surface area contributed by atoms with Crippen LogP contribution in [-0.4, -0.2) is 50.0 Å². The van der Waals surface area contributed by atoms with E-state index in [1.165, 1.54) is 29.5 Å². The van der Waals surface area contributed by atoms with E-state index in [1.807, 2.05) is 6.92 Å². The second-order valence-electron chi connectivity index (χ2n) is 7.55. The second kappa shape index (κ2) is 10.9. The number of rotatable bonds is 9. The predicted octanol–water partition coefficient (Wildman–Crippen LogP) is 3.58. The van der Waals surface area contributed by atoms with Gasteiger partial charge in [-0.15, -0.1) is 11.3 Å². The van der Waals surface area contributed by atoms with Gasteiger partial charge in [-0.05, 0) is 62.7 Å². The van der Waals surface area contributed by atoms with Crippen molar-refractivity contribution >= 4 is 32.9 Å². The molecule has 1 saturated heterocycles. The fraction of sp³-hybridized carbons (Fsp3) is 0.381. The smallest absolute Gasteiger partial charge is 0.263 e. The van der Waals surface area contributed by atoms with Crippen LogP contribution in [0.25, 0.3) is 0 Å². The van der Waals surface area contributed by atoms with Crippen molar-refractivity contribution in [1.29, 1.82) is 0 Å². The summed E-state index contributed by atoms with van der Waals surface area (Å²) in [5.41, 5.74) is 8.24. The number of benzene rings is 1. The molecule has 168 valence electrons. The number of anilines is 2. The number of thiazole rings is 1. The molecule has 4 N–H and O–H groups in total. The first-order valence-electron chi connectivity index (χ1n) is 10.1. The number of piperidine rings is 1. The Morgan fingerprint density at radius 2 is 2.19 bits per heavy atom. The molecular weight excluding hydrogens is 437 g/mol. The zero-order chi connectivity index (χ0) is 22.3. The lowest BCUT2D eigenvalue weighted by Crippen LogP contribution is -2.42. The molecule has 0 aliphatic carbocycles. The van der Waals surface area contributed by atoms with E-state index in [1.54, 1.807) is 35.2 Å². The van der Waals surface area contributed by atoms with Crippen molar-refractivity contribution in [2.24, 2.45) is 5.73 Å². The third-order valence-corrected chi connectivity index (χ3v) is 6.82. The summed E-state index contributed by atoms with van der Waals surface area (Å²) in [6.07, 6.45) is 6.81. The molecule has 1 aliphatic heterocycles. The third kappa shape index (κ3) is 7.42. The van der Waals surface area contributed by atoms with Gasteiger partial charge in [-0.2, -0.15) is 0 Å². The van der Waals surface area contributed by atoms with Crippen LogP contribution in [0.5, 0.6) is 0 Å². The van der Waals surface area contributed by atoms with Crippen LogP contribution in [0.15, 0.2) is 64.1 Å². The Hall–Kier alpha value is -2.27. The van der Waals surface area contributed by atoms with Crippen LogP contribution in [0.3, 0.4) is 0 Å². The lowest BCUT2D eigenvalue weighted by molar-refractivity contribution is 0.228. The van der Waals surface area contributed by atoms with Crippen LogP contribution in [0.1, 0.15) is 19.8 Å². The van der Waals surface area contributed by atoms with Crippen molar-refractivity contribution in [3.63, 3.8) is 0 Å². The number of aromatic nitrogens is 1. The van der Waals surface area contributed by atoms with Crippen molar-refractivity contribution < 1.29 is 12.8 Å². The molecule has 1 aromatic carbocycles. The van der Waals surface area contributed by atoms with Crippen molar-refractivity contribution in [3.8, 4) is 0 Å². The van der Waals surface area contributed by atoms with Crippen LogP contribution < -0.4 is 15.8 Å². The lowest BCUT2D eigenvalue weighted by Gasteiger charge is -2.29. The minimum Gasteiger partial charge on any atom is -0.379 e. The summed E-state index contributed by atoms with van der Waals surface area (Å²) in [4.78, 5) is 6.22. The molecule has 0 saturated carbocycles. The zero-order valence-electron chi connectivity index (χ0n) is 17.4. The Bertz CT molecular complexity index is 991. The highest BCUT2D eigenvalue weighted by Gasteiger charge is 2.16. The van der Waals surface area contributed by atoms with E-state index in [-0.39, 0.29) is 22.8 Å². The lowest BCUT2D eigenvalue weighted by atomic mass is 10.1. The number of nitrogens with one attached hydrogen (secondary N) is 2. The molecule has 1 unspecified atom stereocenters. The Labute approximate surface area is 186 Å². The molecule has 0 bridgehead atoms. The number of likely N-dealkylation sites (tertiary alicyclic amines) is 1. The van der Waals surface area contributed by atoms with Gasteiger partial charge in [-0.1, -0.05) is 6.08 Å². The fourth-order valence-electron chi connectivity index (χ4n) is 3.28. The summed E-state index contributed by atoms with van der Waals surface area (Å²) < 4.78 is 41.3. The van der Waals surface area contributed by atoms with Gasteiger partial charge in [0.1, 0.15) is 5.83 Å². The van der Waals surface area contributed by atoms with E-state index in [2.05, 4.69) is 19.9 Å². The summed E-state index contributed by atoms with van der Waals surface area (Å²) in [5.74, 6) is 0.00604. The van der Waals surface area contributed by atoms with E-state index in [0.29, 0.717) is 12.4 Å². The van der Waals surface area contributed by atoms with Gasteiger partial charge in [0, 0.05) is 36.2 Å². The van der Waals surface area contributed by atoms with Gasteiger partial charge >= 0.3 is 0 Å². The SMILES string of the molecule is CC(/C=C\C(F)=C/CN1CCC[C@@H](N)C1)Nc1ccc(S(=O)(=O)Nc2cscn2)cc1. The maximum atomic E-state index is 14.1. The molecule has 3 rings (SSSR count). The number of nitrogens with zero attached hydrogens (tertiary/aromatic N) is 2. The normalized spacial score (nSPS) is 19.5. The highest BCUT2D eigenvalue weighted by atomic mass is 32.2. The molecular formula is C21H28FN5O2S2. The van der Waals surface area contributed by atoms with E-state index in [4.69, 9.17) is 5.73 Å². The first-order valence-corrected chi connectivity index (χ1v) is 12.5. The van der Waals surface area contributed by atoms with Crippen LogP contribution in [0.2, 0.25) is 0 Å². The summed E-state index contributed by atoms with van der Waals surface area (Å²) in [6.45, 7) is 4.19. The first kappa shape index (κ1) is 23.4. The van der Waals surface area contributed by atoms with E-state index in [9.17, 15) is 12.8 Å². The summed E-state index contributed by atoms with van der Waals surface area (Å²) in [6, 6.07) is 6.40. The second-order valence-corrected chi connectivity index (χ2v) is 9.95. The molecule has 0 radical (unpaired) electrons. The van der Waals surface area contributed by atoms with E-state index < -0.39 is 10.0 Å². The van der Waals surface area contributed by atoms with Crippen molar-refractivity contribution in [1.82, 2.24) is 9.88 Å². The third-order valence-electron chi connectivity index (χ3n) is 4.86. The topological polar surface area (TPSA) is 100 Å². The predicted molar refractivity (Wildman–Crippen MR) is 124 cm³/mol. The molecule has 10 heteroatoms. The molecule has 1 aliphatic rings. The number of sulfonamides is 1. The molecule has 0 spiro atoms. The highest BCUT2D eigenvalue weighted by Crippen LogP contribution is 2.19. The monoisotopic (exact) mass is 465 g/mol. The van der Waals surface area contributed by atoms with Crippen molar-refractivity contribution in [2.75, 3.05) is 29.7 Å². The first-order chi connectivity index (χ1) is 14.8. The molecule has 31 heavy (non-hydrogen) atoms. The van der Waals surface area contributed by atoms with Gasteiger partial charge in [-0.3, -0.25) is 9.62 Å². The number of nitrogens with two attached hydrogens (primary N) is 1. The summed E-state index contributed by atoms with van der Waals surface area (Å²) in [7, 11) is -3.69. The van der Waals surface area contributed by atoms with Gasteiger partial charge in [0.25, 0.3) is 10.0 Å². The summed E-state index contributed by atoms with van der Waals surface area (Å²) >= 11 is 1.31. The average molecular weight is 466 g/mol. The van der Waals surface area contributed by atoms with Crippen LogP contribution in [0, 0.1) is 0 Å². The Balaban J connectivity index is 1.50. The zero-order valence-corrected chi connectivity index (χ0v) is 19.0. The maximum Gasteiger partial charge on any atom is 0.263 e. The van der Waals surface area contributed by atoms with Gasteiger partial charge in [0.2, 0.25) is 0 Å². The largest absolute Gasteiger partial charge is 0.379 e. The molecule has 2 atom stereocenters. The van der Waals surface area contributed by atoms with Crippen LogP contribution in [-0.2, 0) is 10.0 Å². The van der Waals surface area contributed by atoms with Crippen molar-refractivity contribution in [2.45, 2.75) is 36.7 Å². The summed E-state index contributed by atoms with van der Waals surface area (Å²) in [5, 5.41) is 4.82. The van der Waals surface area contributed by atoms with Gasteiger partial charge < -0.3 is 11.1 Å². The Kier molecular flexibility index (Phi) is 8.19. The van der Waals surface area contributed by atoms with Gasteiger partial charge in [0.05, 0.1) is 10.4 Å². The molecule has 2 aromatic rings. The minimum atomic E-state index is -3.69. The van der Waals surface area contributed by atoms with Gasteiger partial charge in [-0.25, -0.2) is 17.8 Å². The molecule has 0 amide bonds. The molecule has 7 nitrogen and oxygen atoms in total. The number of halogens is 1. The van der Waals surface area contributed by atoms with Gasteiger partial charge in [0.15, 0.2) is 5.82 Å². The minimum absolute atomic E-state index is 0.139. The number of hydrogen-bond acceptors (Lipinski definition) is 7. The van der Waals surface area contributed by atoms with Crippen LogP contribution >= 0.6 is 11.3 Å². The van der Waals surface area contributed by atoms with Crippen LogP contribution in [0.4, 0.5) is 15.9 Å². The average Bonchev–Trinajstić information content (AvgIpc) is 3.23. The number of allylic oxidation sites excluding steroid dienone is 2. The fourth-order valence-corrected chi connectivity index (χ4v) is 4.84. The molecule has 2 heterocycles. The molecule has 1 fully saturated rings. The van der Waals surface area contributed by atoms with E-state index in [0.717, 1.165) is 31.6 Å². The maximum absolute atomic E-state index is 14.1. The molecule has 1 aromatic heterocycles. The quantitative estimate of drug-likeness (QED) is 0.490.